The Morgan fingerprint density at radius 3 is 2.53 bits per heavy atom. The second kappa shape index (κ2) is 9.67. The van der Waals surface area contributed by atoms with E-state index in [0.29, 0.717) is 35.1 Å². The molecule has 9 heteroatoms. The van der Waals surface area contributed by atoms with E-state index in [1.807, 2.05) is 0 Å². The van der Waals surface area contributed by atoms with Crippen LogP contribution < -0.4 is 0 Å². The summed E-state index contributed by atoms with van der Waals surface area (Å²) in [5.74, 6) is -4.62. The monoisotopic (exact) mass is 499 g/mol. The molecule has 0 spiro atoms. The zero-order valence-electron chi connectivity index (χ0n) is 18.9. The minimum atomic E-state index is -1.07. The largest absolute Gasteiger partial charge is 0.511 e. The standard InChI is InChI=1S/C26H23NO7.CH4.H2O.2H2/c1-11(29)20-19(31)7-14-5-13-6-17-16(15-4-12(10-28)8-27-9-15)2-3-18(30)23(17)26(34)21(13)25(33)22(14)24(20)32;;;;/h2-4,8-9,13-14,22,28,30,32,34H,5-7,10H2,1H3;1H4;1H2;2*1H. The molecule has 6 N–H and O–H groups in total. The van der Waals surface area contributed by atoms with Gasteiger partial charge in [0.15, 0.2) is 17.3 Å². The minimum Gasteiger partial charge on any atom is -0.511 e. The molecule has 0 amide bonds. The number of hydrogen-bond acceptors (Lipinski definition) is 8. The summed E-state index contributed by atoms with van der Waals surface area (Å²) < 4.78 is 0. The Kier molecular flexibility index (Phi) is 7.20. The van der Waals surface area contributed by atoms with Gasteiger partial charge in [-0.25, -0.2) is 0 Å². The number of carbonyl (C=O) groups excluding carboxylic acids is 3. The molecular formula is C27H33NO8. The van der Waals surface area contributed by atoms with Crippen molar-refractivity contribution >= 4 is 23.1 Å². The average Bonchev–Trinajstić information content (AvgIpc) is 2.78. The van der Waals surface area contributed by atoms with Gasteiger partial charge in [-0.05, 0) is 60.4 Å². The first-order valence-electron chi connectivity index (χ1n) is 11.1. The summed E-state index contributed by atoms with van der Waals surface area (Å²) in [5.41, 5.74) is 2.55. The number of Topliss-reactive ketones (excluding diaryl/α,β-unsaturated/α-hetero) is 3. The van der Waals surface area contributed by atoms with Crippen molar-refractivity contribution in [3.05, 3.63) is 64.2 Å². The Morgan fingerprint density at radius 2 is 1.86 bits per heavy atom. The topological polar surface area (TPSA) is 177 Å². The highest BCUT2D eigenvalue weighted by Gasteiger charge is 2.50. The number of aromatic nitrogens is 1. The number of aromatic hydroxyl groups is 1. The second-order valence-electron chi connectivity index (χ2n) is 9.17. The minimum absolute atomic E-state index is 0. The van der Waals surface area contributed by atoms with Gasteiger partial charge in [0, 0.05) is 32.8 Å². The molecule has 5 rings (SSSR count). The van der Waals surface area contributed by atoms with Gasteiger partial charge in [-0.15, -0.1) is 0 Å². The lowest BCUT2D eigenvalue weighted by molar-refractivity contribution is -0.127. The lowest BCUT2D eigenvalue weighted by Crippen LogP contribution is -2.43. The summed E-state index contributed by atoms with van der Waals surface area (Å²) in [6.45, 7) is 0.984. The molecule has 194 valence electrons. The Hall–Kier alpha value is -3.82. The number of benzene rings is 1. The molecule has 36 heavy (non-hydrogen) atoms. The van der Waals surface area contributed by atoms with Crippen molar-refractivity contribution in [2.45, 2.75) is 40.2 Å². The number of rotatable bonds is 3. The lowest BCUT2D eigenvalue weighted by atomic mass is 9.61. The maximum Gasteiger partial charge on any atom is 0.173 e. The van der Waals surface area contributed by atoms with E-state index in [-0.39, 0.29) is 57.0 Å². The van der Waals surface area contributed by atoms with Crippen molar-refractivity contribution in [1.82, 2.24) is 4.98 Å². The lowest BCUT2D eigenvalue weighted by Gasteiger charge is -2.41. The van der Waals surface area contributed by atoms with E-state index < -0.39 is 40.9 Å². The Bertz CT molecular complexity index is 1350. The first-order valence-corrected chi connectivity index (χ1v) is 11.1. The molecule has 1 heterocycles. The number of pyridine rings is 1. The number of carbonyl (C=O) groups is 3. The van der Waals surface area contributed by atoms with Gasteiger partial charge in [0.05, 0.1) is 23.7 Å². The molecule has 3 aliphatic rings. The van der Waals surface area contributed by atoms with Crippen LogP contribution in [-0.4, -0.2) is 48.2 Å². The van der Waals surface area contributed by atoms with Crippen LogP contribution in [0.1, 0.15) is 46.7 Å². The average molecular weight is 500 g/mol. The van der Waals surface area contributed by atoms with E-state index in [2.05, 4.69) is 4.98 Å². The number of nitrogens with zero attached hydrogens (tertiary/aromatic N) is 1. The molecule has 9 nitrogen and oxygen atoms in total. The van der Waals surface area contributed by atoms with E-state index in [4.69, 9.17) is 0 Å². The van der Waals surface area contributed by atoms with Crippen LogP contribution in [0.25, 0.3) is 16.9 Å². The third-order valence-corrected chi connectivity index (χ3v) is 7.17. The molecule has 0 aliphatic heterocycles. The highest BCUT2D eigenvalue weighted by molar-refractivity contribution is 6.22. The van der Waals surface area contributed by atoms with Gasteiger partial charge in [0.1, 0.15) is 17.3 Å². The van der Waals surface area contributed by atoms with Crippen LogP contribution in [0.5, 0.6) is 5.75 Å². The predicted molar refractivity (Wildman–Crippen MR) is 135 cm³/mol. The van der Waals surface area contributed by atoms with Gasteiger partial charge in [0.25, 0.3) is 0 Å². The number of aliphatic hydroxyl groups is 3. The van der Waals surface area contributed by atoms with Gasteiger partial charge in [-0.2, -0.15) is 0 Å². The molecule has 3 unspecified atom stereocenters. The molecule has 0 bridgehead atoms. The first-order chi connectivity index (χ1) is 16.2. The van der Waals surface area contributed by atoms with Crippen LogP contribution in [0.2, 0.25) is 0 Å². The zero-order chi connectivity index (χ0) is 24.3. The van der Waals surface area contributed by atoms with Crippen molar-refractivity contribution in [2.24, 2.45) is 17.8 Å². The van der Waals surface area contributed by atoms with E-state index in [1.165, 1.54) is 13.0 Å². The number of allylic oxidation sites excluding steroid dienone is 3. The molecule has 1 saturated carbocycles. The predicted octanol–water partition coefficient (Wildman–Crippen LogP) is 3.27. The van der Waals surface area contributed by atoms with Crippen molar-refractivity contribution in [3.8, 4) is 16.9 Å². The fourth-order valence-corrected chi connectivity index (χ4v) is 5.75. The zero-order valence-corrected chi connectivity index (χ0v) is 18.9. The molecule has 0 saturated heterocycles. The third kappa shape index (κ3) is 3.90. The van der Waals surface area contributed by atoms with Crippen LogP contribution >= 0.6 is 0 Å². The van der Waals surface area contributed by atoms with Crippen LogP contribution in [0.4, 0.5) is 0 Å². The van der Waals surface area contributed by atoms with Crippen molar-refractivity contribution in [2.75, 3.05) is 0 Å². The normalized spacial score (nSPS) is 22.7. The molecule has 1 aromatic carbocycles. The first kappa shape index (κ1) is 26.8. The molecule has 1 fully saturated rings. The van der Waals surface area contributed by atoms with Gasteiger partial charge < -0.3 is 25.9 Å². The van der Waals surface area contributed by atoms with Crippen LogP contribution in [0, 0.1) is 17.8 Å². The van der Waals surface area contributed by atoms with E-state index >= 15 is 0 Å². The molecule has 1 aromatic heterocycles. The van der Waals surface area contributed by atoms with Crippen molar-refractivity contribution in [3.63, 3.8) is 0 Å². The smallest absolute Gasteiger partial charge is 0.173 e. The van der Waals surface area contributed by atoms with E-state index in [9.17, 15) is 34.8 Å². The van der Waals surface area contributed by atoms with Crippen LogP contribution in [0.3, 0.4) is 0 Å². The molecular weight excluding hydrogens is 466 g/mol. The second-order valence-corrected chi connectivity index (χ2v) is 9.17. The summed E-state index contributed by atoms with van der Waals surface area (Å²) in [7, 11) is 0. The number of hydrogen-bond donors (Lipinski definition) is 4. The Morgan fingerprint density at radius 1 is 1.14 bits per heavy atom. The van der Waals surface area contributed by atoms with Gasteiger partial charge in [-0.3, -0.25) is 19.4 Å². The van der Waals surface area contributed by atoms with Gasteiger partial charge in [-0.1, -0.05) is 13.5 Å². The molecule has 0 radical (unpaired) electrons. The Labute approximate surface area is 210 Å². The molecule has 3 aliphatic carbocycles. The Balaban J connectivity index is 0.00000180. The SMILES string of the molecule is C.CC(=O)C1=C(O)C2C(=O)C3=C(O)c4c(O)ccc(-c5cncc(CO)c5)c4CC3CC2CC1=O.O.[HH].[HH]. The van der Waals surface area contributed by atoms with Gasteiger partial charge in [0.2, 0.25) is 0 Å². The van der Waals surface area contributed by atoms with Gasteiger partial charge >= 0.3 is 0 Å². The summed E-state index contributed by atoms with van der Waals surface area (Å²) in [6.07, 6.45) is 3.83. The summed E-state index contributed by atoms with van der Waals surface area (Å²) >= 11 is 0. The number of aliphatic hydroxyl groups excluding tert-OH is 3. The quantitative estimate of drug-likeness (QED) is 0.465. The molecule has 2 aromatic rings. The fraction of sp³-hybridized carbons (Fsp3) is 0.333. The third-order valence-electron chi connectivity index (χ3n) is 7.17. The molecule has 3 atom stereocenters. The van der Waals surface area contributed by atoms with Crippen molar-refractivity contribution in [1.29, 1.82) is 0 Å². The summed E-state index contributed by atoms with van der Waals surface area (Å²) in [4.78, 5) is 42.1. The fourth-order valence-electron chi connectivity index (χ4n) is 5.75. The summed E-state index contributed by atoms with van der Waals surface area (Å²) in [6, 6.07) is 4.90. The summed E-state index contributed by atoms with van der Waals surface area (Å²) in [5, 5.41) is 42.0. The number of ketones is 3. The maximum atomic E-state index is 13.5. The maximum absolute atomic E-state index is 13.5. The van der Waals surface area contributed by atoms with Crippen LogP contribution in [-0.2, 0) is 27.4 Å². The highest BCUT2D eigenvalue weighted by Crippen LogP contribution is 2.51. The number of fused-ring (bicyclic) bond motifs is 3. The van der Waals surface area contributed by atoms with E-state index in [1.54, 1.807) is 24.5 Å². The van der Waals surface area contributed by atoms with Crippen LogP contribution in [0.15, 0.2) is 47.5 Å². The number of phenolic OH excluding ortho intramolecular Hbond substituents is 1. The van der Waals surface area contributed by atoms with E-state index in [0.717, 1.165) is 0 Å². The van der Waals surface area contributed by atoms with Crippen molar-refractivity contribution < 1.29 is 43.1 Å². The highest BCUT2D eigenvalue weighted by atomic mass is 16.3. The number of phenols is 1.